The largest absolute Gasteiger partial charge is 0.481 e. The zero-order chi connectivity index (χ0) is 13.5. The number of carboxylic acids is 1. The van der Waals surface area contributed by atoms with Gasteiger partial charge >= 0.3 is 5.97 Å². The number of aliphatic carboxylic acids is 1. The van der Waals surface area contributed by atoms with Crippen molar-refractivity contribution in [3.63, 3.8) is 0 Å². The van der Waals surface area contributed by atoms with Gasteiger partial charge in [-0.25, -0.2) is 0 Å². The molecular formula is C15H29NO2. The minimum atomic E-state index is -0.625. The van der Waals surface area contributed by atoms with E-state index in [0.717, 1.165) is 13.1 Å². The molecule has 1 heterocycles. The Bertz CT molecular complexity index is 255. The van der Waals surface area contributed by atoms with Crippen LogP contribution in [0.1, 0.15) is 59.3 Å². The molecule has 0 saturated carbocycles. The van der Waals surface area contributed by atoms with E-state index in [4.69, 9.17) is 5.11 Å². The molecule has 18 heavy (non-hydrogen) atoms. The molecule has 1 aliphatic rings. The first kappa shape index (κ1) is 15.5. The van der Waals surface area contributed by atoms with E-state index >= 15 is 0 Å². The lowest BCUT2D eigenvalue weighted by molar-refractivity contribution is -0.142. The zero-order valence-electron chi connectivity index (χ0n) is 12.2. The second-order valence-electron chi connectivity index (χ2n) is 5.93. The first-order valence-corrected chi connectivity index (χ1v) is 7.53. The molecule has 0 spiro atoms. The summed E-state index contributed by atoms with van der Waals surface area (Å²) in [6, 6.07) is 0.540. The van der Waals surface area contributed by atoms with E-state index < -0.39 is 5.97 Å². The van der Waals surface area contributed by atoms with Crippen molar-refractivity contribution < 1.29 is 9.90 Å². The summed E-state index contributed by atoms with van der Waals surface area (Å²) in [5, 5.41) is 9.13. The fourth-order valence-corrected chi connectivity index (χ4v) is 2.91. The maximum absolute atomic E-state index is 11.1. The van der Waals surface area contributed by atoms with Crippen LogP contribution >= 0.6 is 0 Å². The number of carboxylic acid groups (broad SMARTS) is 1. The van der Waals surface area contributed by atoms with E-state index in [1.54, 1.807) is 0 Å². The molecule has 0 aliphatic carbocycles. The van der Waals surface area contributed by atoms with Gasteiger partial charge in [-0.2, -0.15) is 0 Å². The molecule has 0 amide bonds. The Balaban J connectivity index is 2.22. The van der Waals surface area contributed by atoms with Crippen molar-refractivity contribution in [2.75, 3.05) is 13.1 Å². The van der Waals surface area contributed by atoms with E-state index in [9.17, 15) is 4.79 Å². The van der Waals surface area contributed by atoms with Crippen LogP contribution in [0.15, 0.2) is 0 Å². The van der Waals surface area contributed by atoms with Crippen molar-refractivity contribution in [1.82, 2.24) is 4.90 Å². The van der Waals surface area contributed by atoms with E-state index in [-0.39, 0.29) is 5.92 Å². The van der Waals surface area contributed by atoms with Crippen molar-refractivity contribution in [2.24, 2.45) is 11.8 Å². The Morgan fingerprint density at radius 3 is 2.50 bits per heavy atom. The van der Waals surface area contributed by atoms with E-state index in [1.807, 2.05) is 0 Å². The first-order valence-electron chi connectivity index (χ1n) is 7.53. The van der Waals surface area contributed by atoms with E-state index in [1.165, 1.54) is 38.5 Å². The van der Waals surface area contributed by atoms with Gasteiger partial charge in [0.15, 0.2) is 0 Å². The van der Waals surface area contributed by atoms with Gasteiger partial charge in [-0.05, 0) is 19.3 Å². The fraction of sp³-hybridized carbons (Fsp3) is 0.933. The SMILES string of the molecule is CCCCCCCC(C)N1CC(C)C(C(=O)O)C1. The Morgan fingerprint density at radius 2 is 1.94 bits per heavy atom. The average Bonchev–Trinajstić information content (AvgIpc) is 2.71. The van der Waals surface area contributed by atoms with Gasteiger partial charge in [0.25, 0.3) is 0 Å². The quantitative estimate of drug-likeness (QED) is 0.676. The Kier molecular flexibility index (Phi) is 6.69. The number of hydrogen-bond donors (Lipinski definition) is 1. The second kappa shape index (κ2) is 7.78. The number of carbonyl (C=O) groups is 1. The lowest BCUT2D eigenvalue weighted by atomic mass is 9.99. The predicted octanol–water partition coefficient (Wildman–Crippen LogP) is 3.39. The van der Waals surface area contributed by atoms with Gasteiger partial charge in [-0.1, -0.05) is 46.0 Å². The molecular weight excluding hydrogens is 226 g/mol. The molecule has 0 radical (unpaired) electrons. The predicted molar refractivity (Wildman–Crippen MR) is 74.7 cm³/mol. The van der Waals surface area contributed by atoms with Crippen LogP contribution in [0.5, 0.6) is 0 Å². The third kappa shape index (κ3) is 4.60. The van der Waals surface area contributed by atoms with Gasteiger partial charge < -0.3 is 5.11 Å². The van der Waals surface area contributed by atoms with Gasteiger partial charge in [0.2, 0.25) is 0 Å². The lowest BCUT2D eigenvalue weighted by Crippen LogP contribution is -2.31. The molecule has 1 aliphatic heterocycles. The summed E-state index contributed by atoms with van der Waals surface area (Å²) in [5.74, 6) is -0.488. The number of unbranched alkanes of at least 4 members (excludes halogenated alkanes) is 4. The van der Waals surface area contributed by atoms with Crippen LogP contribution in [0.3, 0.4) is 0 Å². The summed E-state index contributed by atoms with van der Waals surface area (Å²) in [4.78, 5) is 13.5. The molecule has 0 aromatic carbocycles. The molecule has 3 nitrogen and oxygen atoms in total. The minimum Gasteiger partial charge on any atom is -0.481 e. The molecule has 0 aromatic rings. The smallest absolute Gasteiger partial charge is 0.308 e. The molecule has 0 aromatic heterocycles. The summed E-state index contributed by atoms with van der Waals surface area (Å²) in [6.45, 7) is 8.24. The van der Waals surface area contributed by atoms with Gasteiger partial charge in [0, 0.05) is 19.1 Å². The molecule has 1 fully saturated rings. The third-order valence-electron chi connectivity index (χ3n) is 4.31. The summed E-state index contributed by atoms with van der Waals surface area (Å²) < 4.78 is 0. The Labute approximate surface area is 112 Å². The van der Waals surface area contributed by atoms with Gasteiger partial charge in [0.05, 0.1) is 5.92 Å². The molecule has 106 valence electrons. The van der Waals surface area contributed by atoms with Crippen LogP contribution < -0.4 is 0 Å². The van der Waals surface area contributed by atoms with Crippen LogP contribution in [-0.2, 0) is 4.79 Å². The van der Waals surface area contributed by atoms with E-state index in [2.05, 4.69) is 25.7 Å². The van der Waals surface area contributed by atoms with E-state index in [0.29, 0.717) is 12.0 Å². The standard InChI is InChI=1S/C15H29NO2/c1-4-5-6-7-8-9-13(3)16-10-12(2)14(11-16)15(17)18/h12-14H,4-11H2,1-3H3,(H,17,18). The normalized spacial score (nSPS) is 26.4. The maximum Gasteiger partial charge on any atom is 0.308 e. The van der Waals surface area contributed by atoms with Crippen LogP contribution in [-0.4, -0.2) is 35.1 Å². The summed E-state index contributed by atoms with van der Waals surface area (Å²) in [7, 11) is 0. The highest BCUT2D eigenvalue weighted by Gasteiger charge is 2.36. The Morgan fingerprint density at radius 1 is 1.28 bits per heavy atom. The molecule has 0 bridgehead atoms. The monoisotopic (exact) mass is 255 g/mol. The second-order valence-corrected chi connectivity index (χ2v) is 5.93. The molecule has 1 rings (SSSR count). The molecule has 3 heteroatoms. The maximum atomic E-state index is 11.1. The number of hydrogen-bond acceptors (Lipinski definition) is 2. The van der Waals surface area contributed by atoms with Crippen molar-refractivity contribution in [1.29, 1.82) is 0 Å². The van der Waals surface area contributed by atoms with Crippen molar-refractivity contribution in [2.45, 2.75) is 65.3 Å². The van der Waals surface area contributed by atoms with Gasteiger partial charge in [-0.15, -0.1) is 0 Å². The molecule has 3 atom stereocenters. The van der Waals surface area contributed by atoms with Crippen LogP contribution in [0.4, 0.5) is 0 Å². The van der Waals surface area contributed by atoms with Crippen LogP contribution in [0.25, 0.3) is 0 Å². The highest BCUT2D eigenvalue weighted by atomic mass is 16.4. The highest BCUT2D eigenvalue weighted by molar-refractivity contribution is 5.71. The van der Waals surface area contributed by atoms with Crippen LogP contribution in [0, 0.1) is 11.8 Å². The summed E-state index contributed by atoms with van der Waals surface area (Å²) in [6.07, 6.45) is 7.80. The third-order valence-corrected chi connectivity index (χ3v) is 4.31. The molecule has 1 N–H and O–H groups in total. The lowest BCUT2D eigenvalue weighted by Gasteiger charge is -2.24. The average molecular weight is 255 g/mol. The highest BCUT2D eigenvalue weighted by Crippen LogP contribution is 2.26. The summed E-state index contributed by atoms with van der Waals surface area (Å²) in [5.41, 5.74) is 0. The van der Waals surface area contributed by atoms with Crippen molar-refractivity contribution in [3.8, 4) is 0 Å². The first-order chi connectivity index (χ1) is 8.56. The molecule has 1 saturated heterocycles. The van der Waals surface area contributed by atoms with Gasteiger partial charge in [-0.3, -0.25) is 9.69 Å². The van der Waals surface area contributed by atoms with Gasteiger partial charge in [0.1, 0.15) is 0 Å². The van der Waals surface area contributed by atoms with Crippen molar-refractivity contribution in [3.05, 3.63) is 0 Å². The number of nitrogens with zero attached hydrogens (tertiary/aromatic N) is 1. The summed E-state index contributed by atoms with van der Waals surface area (Å²) >= 11 is 0. The number of likely N-dealkylation sites (tertiary alicyclic amines) is 1. The zero-order valence-corrected chi connectivity index (χ0v) is 12.2. The number of rotatable bonds is 8. The molecule has 3 unspecified atom stereocenters. The van der Waals surface area contributed by atoms with Crippen molar-refractivity contribution >= 4 is 5.97 Å². The minimum absolute atomic E-state index is 0.160. The fourth-order valence-electron chi connectivity index (χ4n) is 2.91. The Hall–Kier alpha value is -0.570. The van der Waals surface area contributed by atoms with Crippen LogP contribution in [0.2, 0.25) is 0 Å². The topological polar surface area (TPSA) is 40.5 Å².